The van der Waals surface area contributed by atoms with Gasteiger partial charge in [-0.2, -0.15) is 0 Å². The van der Waals surface area contributed by atoms with Crippen LogP contribution in [-0.2, 0) is 17.6 Å². The highest BCUT2D eigenvalue weighted by Crippen LogP contribution is 2.24. The minimum Gasteiger partial charge on any atom is -0.507 e. The van der Waals surface area contributed by atoms with Crippen LogP contribution in [0, 0.1) is 24.5 Å². The topological polar surface area (TPSA) is 46.5 Å². The van der Waals surface area contributed by atoms with Gasteiger partial charge in [0.25, 0.3) is 0 Å². The molecule has 0 radical (unpaired) electrons. The lowest BCUT2D eigenvalue weighted by Gasteiger charge is -2.15. The highest BCUT2D eigenvalue weighted by atomic mass is 19.1. The van der Waals surface area contributed by atoms with Gasteiger partial charge < -0.3 is 9.84 Å². The van der Waals surface area contributed by atoms with Gasteiger partial charge in [0.2, 0.25) is 0 Å². The van der Waals surface area contributed by atoms with E-state index in [1.165, 1.54) is 26.2 Å². The standard InChI is InChI=1S/C27H26F2O3/c1-18-24(28)16-21(17-25(18)29)15-20(11-12-22-5-3-4-6-26(22)30)8-7-19-9-13-23(14-10-19)27(31)32-2/h3-6,9-14,16-17,20,30H,7-8,15H2,1-2H3/b12-11+. The third-order valence-corrected chi connectivity index (χ3v) is 5.50. The molecular weight excluding hydrogens is 410 g/mol. The summed E-state index contributed by atoms with van der Waals surface area (Å²) in [4.78, 5) is 11.6. The Hall–Kier alpha value is -3.47. The third kappa shape index (κ3) is 6.03. The van der Waals surface area contributed by atoms with Crippen molar-refractivity contribution in [3.63, 3.8) is 0 Å². The number of hydrogen-bond donors (Lipinski definition) is 1. The summed E-state index contributed by atoms with van der Waals surface area (Å²) < 4.78 is 32.8. The quantitative estimate of drug-likeness (QED) is 0.423. The molecule has 0 aliphatic carbocycles. The molecule has 32 heavy (non-hydrogen) atoms. The summed E-state index contributed by atoms with van der Waals surface area (Å²) in [6.07, 6.45) is 5.69. The van der Waals surface area contributed by atoms with Crippen LogP contribution in [0.5, 0.6) is 5.75 Å². The van der Waals surface area contributed by atoms with Crippen LogP contribution in [0.1, 0.15) is 39.0 Å². The molecule has 3 aromatic rings. The van der Waals surface area contributed by atoms with Crippen LogP contribution in [0.2, 0.25) is 0 Å². The average molecular weight is 436 g/mol. The Morgan fingerprint density at radius 1 is 1.03 bits per heavy atom. The van der Waals surface area contributed by atoms with Gasteiger partial charge in [-0.15, -0.1) is 0 Å². The Bertz CT molecular complexity index is 1080. The number of phenols is 1. The number of hydrogen-bond acceptors (Lipinski definition) is 3. The van der Waals surface area contributed by atoms with Crippen LogP contribution in [0.15, 0.2) is 66.7 Å². The van der Waals surface area contributed by atoms with E-state index in [1.807, 2.05) is 30.4 Å². The van der Waals surface area contributed by atoms with E-state index >= 15 is 0 Å². The van der Waals surface area contributed by atoms with Crippen LogP contribution in [0.4, 0.5) is 8.78 Å². The van der Waals surface area contributed by atoms with Gasteiger partial charge in [-0.25, -0.2) is 13.6 Å². The zero-order valence-electron chi connectivity index (χ0n) is 18.1. The highest BCUT2D eigenvalue weighted by molar-refractivity contribution is 5.89. The van der Waals surface area contributed by atoms with E-state index < -0.39 is 11.6 Å². The van der Waals surface area contributed by atoms with E-state index in [1.54, 1.807) is 30.3 Å². The molecule has 0 aliphatic rings. The molecule has 0 aliphatic heterocycles. The first-order chi connectivity index (χ1) is 15.4. The molecule has 0 amide bonds. The molecular formula is C27H26F2O3. The molecule has 1 N–H and O–H groups in total. The predicted octanol–water partition coefficient (Wildman–Crippen LogP) is 6.27. The van der Waals surface area contributed by atoms with Gasteiger partial charge in [0.1, 0.15) is 17.4 Å². The molecule has 0 saturated carbocycles. The van der Waals surface area contributed by atoms with Crippen LogP contribution in [0.25, 0.3) is 6.08 Å². The number of rotatable bonds is 8. The van der Waals surface area contributed by atoms with Crippen LogP contribution in [-0.4, -0.2) is 18.2 Å². The summed E-state index contributed by atoms with van der Waals surface area (Å²) in [6, 6.07) is 17.0. The fourth-order valence-corrected chi connectivity index (χ4v) is 3.53. The molecule has 0 fully saturated rings. The molecule has 3 nitrogen and oxygen atoms in total. The highest BCUT2D eigenvalue weighted by Gasteiger charge is 2.13. The average Bonchev–Trinajstić information content (AvgIpc) is 2.80. The van der Waals surface area contributed by atoms with Crippen molar-refractivity contribution >= 4 is 12.0 Å². The third-order valence-electron chi connectivity index (χ3n) is 5.50. The summed E-state index contributed by atoms with van der Waals surface area (Å²) in [7, 11) is 1.34. The van der Waals surface area contributed by atoms with Crippen molar-refractivity contribution in [1.82, 2.24) is 0 Å². The normalized spacial score (nSPS) is 12.1. The SMILES string of the molecule is COC(=O)c1ccc(CCC(/C=C/c2ccccc2O)Cc2cc(F)c(C)c(F)c2)cc1. The number of aryl methyl sites for hydroxylation is 1. The number of carbonyl (C=O) groups excluding carboxylic acids is 1. The number of ether oxygens (including phenoxy) is 1. The second kappa shape index (κ2) is 10.7. The second-order valence-corrected chi connectivity index (χ2v) is 7.79. The maximum absolute atomic E-state index is 14.0. The Kier molecular flexibility index (Phi) is 7.77. The number of para-hydroxylation sites is 1. The number of aromatic hydroxyl groups is 1. The summed E-state index contributed by atoms with van der Waals surface area (Å²) in [5, 5.41) is 10.0. The molecule has 1 atom stereocenters. The van der Waals surface area contributed by atoms with Crippen molar-refractivity contribution in [3.05, 3.63) is 106 Å². The van der Waals surface area contributed by atoms with Crippen molar-refractivity contribution in [2.24, 2.45) is 5.92 Å². The Morgan fingerprint density at radius 2 is 1.69 bits per heavy atom. The Morgan fingerprint density at radius 3 is 2.31 bits per heavy atom. The molecule has 0 saturated heterocycles. The van der Waals surface area contributed by atoms with Gasteiger partial charge in [0, 0.05) is 11.1 Å². The van der Waals surface area contributed by atoms with Gasteiger partial charge in [-0.05, 0) is 73.6 Å². The van der Waals surface area contributed by atoms with Gasteiger partial charge in [-0.3, -0.25) is 0 Å². The van der Waals surface area contributed by atoms with E-state index in [2.05, 4.69) is 0 Å². The first-order valence-corrected chi connectivity index (χ1v) is 10.5. The van der Waals surface area contributed by atoms with Crippen molar-refractivity contribution in [2.75, 3.05) is 7.11 Å². The molecule has 1 unspecified atom stereocenters. The van der Waals surface area contributed by atoms with Gasteiger partial charge >= 0.3 is 5.97 Å². The first-order valence-electron chi connectivity index (χ1n) is 10.5. The largest absolute Gasteiger partial charge is 0.507 e. The summed E-state index contributed by atoms with van der Waals surface area (Å²) in [5.41, 5.74) is 2.80. The monoisotopic (exact) mass is 436 g/mol. The minimum absolute atomic E-state index is 0.0146. The number of esters is 1. The summed E-state index contributed by atoms with van der Waals surface area (Å²) >= 11 is 0. The minimum atomic E-state index is -0.554. The molecule has 5 heteroatoms. The second-order valence-electron chi connectivity index (χ2n) is 7.79. The lowest BCUT2D eigenvalue weighted by Crippen LogP contribution is -2.06. The lowest BCUT2D eigenvalue weighted by atomic mass is 9.91. The van der Waals surface area contributed by atoms with Gasteiger partial charge in [0.05, 0.1) is 12.7 Å². The molecule has 0 bridgehead atoms. The first kappa shape index (κ1) is 23.2. The Labute approximate surface area is 187 Å². The summed E-state index contributed by atoms with van der Waals surface area (Å²) in [6.45, 7) is 1.42. The number of halogens is 2. The molecule has 3 aromatic carbocycles. The molecule has 0 spiro atoms. The molecule has 166 valence electrons. The van der Waals surface area contributed by atoms with E-state index in [0.29, 0.717) is 29.5 Å². The molecule has 0 heterocycles. The smallest absolute Gasteiger partial charge is 0.337 e. The molecule has 3 rings (SSSR count). The number of phenolic OH excluding ortho intramolecular Hbond substituents is 1. The lowest BCUT2D eigenvalue weighted by molar-refractivity contribution is 0.0600. The fourth-order valence-electron chi connectivity index (χ4n) is 3.53. The predicted molar refractivity (Wildman–Crippen MR) is 122 cm³/mol. The fraction of sp³-hybridized carbons (Fsp3) is 0.222. The number of carbonyl (C=O) groups is 1. The Balaban J connectivity index is 1.78. The van der Waals surface area contributed by atoms with Crippen molar-refractivity contribution in [1.29, 1.82) is 0 Å². The van der Waals surface area contributed by atoms with E-state index in [-0.39, 0.29) is 23.2 Å². The van der Waals surface area contributed by atoms with Gasteiger partial charge in [0.15, 0.2) is 0 Å². The summed E-state index contributed by atoms with van der Waals surface area (Å²) in [5.74, 6) is -1.34. The number of allylic oxidation sites excluding steroid dienone is 1. The van der Waals surface area contributed by atoms with E-state index in [4.69, 9.17) is 4.74 Å². The number of methoxy groups -OCH3 is 1. The van der Waals surface area contributed by atoms with E-state index in [0.717, 1.165) is 12.0 Å². The van der Waals surface area contributed by atoms with Crippen molar-refractivity contribution in [2.45, 2.75) is 26.2 Å². The zero-order chi connectivity index (χ0) is 23.1. The maximum atomic E-state index is 14.0. The van der Waals surface area contributed by atoms with Crippen molar-refractivity contribution in [3.8, 4) is 5.75 Å². The zero-order valence-corrected chi connectivity index (χ0v) is 18.1. The van der Waals surface area contributed by atoms with Crippen LogP contribution >= 0.6 is 0 Å². The van der Waals surface area contributed by atoms with Crippen LogP contribution < -0.4 is 0 Å². The van der Waals surface area contributed by atoms with Gasteiger partial charge in [-0.1, -0.05) is 42.5 Å². The molecule has 0 aromatic heterocycles. The van der Waals surface area contributed by atoms with E-state index in [9.17, 15) is 18.7 Å². The number of benzene rings is 3. The van der Waals surface area contributed by atoms with Crippen molar-refractivity contribution < 1.29 is 23.4 Å². The van der Waals surface area contributed by atoms with Crippen LogP contribution in [0.3, 0.4) is 0 Å². The maximum Gasteiger partial charge on any atom is 0.337 e.